The lowest BCUT2D eigenvalue weighted by molar-refractivity contribution is 0.103. The van der Waals surface area contributed by atoms with E-state index >= 15 is 0 Å². The number of para-hydroxylation sites is 1. The Morgan fingerprint density at radius 2 is 1.56 bits per heavy atom. The van der Waals surface area contributed by atoms with E-state index in [0.717, 1.165) is 0 Å². The molecule has 2 aromatic carbocycles. The maximum atomic E-state index is 12.1. The molecule has 0 aromatic heterocycles. The Morgan fingerprint density at radius 1 is 0.889 bits per heavy atom. The minimum absolute atomic E-state index is 0.0536. The number of anilines is 1. The minimum Gasteiger partial charge on any atom is -0.507 e. The molecule has 2 aromatic rings. The molecule has 0 radical (unpaired) electrons. The van der Waals surface area contributed by atoms with Crippen LogP contribution in [-0.4, -0.2) is 21.1 Å². The lowest BCUT2D eigenvalue weighted by atomic mass is 10.0. The van der Waals surface area contributed by atoms with Gasteiger partial charge in [-0.15, -0.1) is 0 Å². The normalized spacial score (nSPS) is 10.2. The first-order valence-electron chi connectivity index (χ1n) is 5.15. The Kier molecular flexibility index (Phi) is 2.81. The van der Waals surface area contributed by atoms with Crippen molar-refractivity contribution in [3.8, 4) is 17.2 Å². The lowest BCUT2D eigenvalue weighted by Crippen LogP contribution is -2.03. The van der Waals surface area contributed by atoms with E-state index < -0.39 is 11.5 Å². The summed E-state index contributed by atoms with van der Waals surface area (Å²) in [5.41, 5.74) is 5.13. The van der Waals surface area contributed by atoms with Crippen molar-refractivity contribution in [1.82, 2.24) is 0 Å². The van der Waals surface area contributed by atoms with Crippen LogP contribution in [0.5, 0.6) is 17.2 Å². The molecule has 0 atom stereocenters. The summed E-state index contributed by atoms with van der Waals surface area (Å²) in [7, 11) is 0. The van der Waals surface area contributed by atoms with E-state index in [9.17, 15) is 20.1 Å². The van der Waals surface area contributed by atoms with Crippen LogP contribution in [0.2, 0.25) is 0 Å². The SMILES string of the molecule is Nc1c(O)ccc(C(=O)c2ccccc2O)c1O. The van der Waals surface area contributed by atoms with Crippen LogP contribution in [0, 0.1) is 0 Å². The number of carbonyl (C=O) groups is 1. The highest BCUT2D eigenvalue weighted by Gasteiger charge is 2.19. The lowest BCUT2D eigenvalue weighted by Gasteiger charge is -2.08. The topological polar surface area (TPSA) is 104 Å². The summed E-state index contributed by atoms with van der Waals surface area (Å²) in [4.78, 5) is 12.1. The van der Waals surface area contributed by atoms with Gasteiger partial charge in [-0.05, 0) is 24.3 Å². The summed E-state index contributed by atoms with van der Waals surface area (Å²) in [6, 6.07) is 8.43. The molecule has 0 aliphatic carbocycles. The Balaban J connectivity index is 2.54. The summed E-state index contributed by atoms with van der Waals surface area (Å²) >= 11 is 0. The summed E-state index contributed by atoms with van der Waals surface area (Å²) in [6.07, 6.45) is 0. The number of phenols is 3. The second kappa shape index (κ2) is 4.29. The average molecular weight is 245 g/mol. The maximum absolute atomic E-state index is 12.1. The van der Waals surface area contributed by atoms with Gasteiger partial charge in [-0.25, -0.2) is 0 Å². The Morgan fingerprint density at radius 3 is 2.22 bits per heavy atom. The summed E-state index contributed by atoms with van der Waals surface area (Å²) < 4.78 is 0. The van der Waals surface area contributed by atoms with Crippen LogP contribution in [0.4, 0.5) is 5.69 Å². The first kappa shape index (κ1) is 11.8. The van der Waals surface area contributed by atoms with E-state index in [1.54, 1.807) is 12.1 Å². The van der Waals surface area contributed by atoms with E-state index in [1.165, 1.54) is 24.3 Å². The summed E-state index contributed by atoms with van der Waals surface area (Å²) in [5.74, 6) is -1.56. The number of rotatable bonds is 2. The molecule has 0 spiro atoms. The fourth-order valence-corrected chi connectivity index (χ4v) is 1.59. The van der Waals surface area contributed by atoms with Crippen LogP contribution in [0.25, 0.3) is 0 Å². The fourth-order valence-electron chi connectivity index (χ4n) is 1.59. The zero-order valence-corrected chi connectivity index (χ0v) is 9.29. The molecule has 5 N–H and O–H groups in total. The van der Waals surface area contributed by atoms with Gasteiger partial charge in [-0.1, -0.05) is 12.1 Å². The van der Waals surface area contributed by atoms with Gasteiger partial charge in [0.1, 0.15) is 17.2 Å². The van der Waals surface area contributed by atoms with Gasteiger partial charge in [0, 0.05) is 0 Å². The first-order valence-corrected chi connectivity index (χ1v) is 5.15. The molecule has 2 rings (SSSR count). The highest BCUT2D eigenvalue weighted by molar-refractivity contribution is 6.13. The van der Waals surface area contributed by atoms with Crippen LogP contribution in [0.1, 0.15) is 15.9 Å². The predicted molar refractivity (Wildman–Crippen MR) is 65.7 cm³/mol. The zero-order valence-electron chi connectivity index (χ0n) is 9.29. The van der Waals surface area contributed by atoms with E-state index in [1.807, 2.05) is 0 Å². The molecular formula is C13H11NO4. The molecule has 18 heavy (non-hydrogen) atoms. The average Bonchev–Trinajstić information content (AvgIpc) is 2.36. The number of nitrogens with two attached hydrogens (primary N) is 1. The van der Waals surface area contributed by atoms with Crippen molar-refractivity contribution in [3.63, 3.8) is 0 Å². The van der Waals surface area contributed by atoms with Gasteiger partial charge < -0.3 is 21.1 Å². The Labute approximate surface area is 103 Å². The van der Waals surface area contributed by atoms with Crippen molar-refractivity contribution < 1.29 is 20.1 Å². The van der Waals surface area contributed by atoms with Gasteiger partial charge in [0.05, 0.1) is 11.1 Å². The highest BCUT2D eigenvalue weighted by Crippen LogP contribution is 2.35. The molecule has 0 bridgehead atoms. The van der Waals surface area contributed by atoms with Crippen molar-refractivity contribution in [1.29, 1.82) is 0 Å². The number of hydrogen-bond donors (Lipinski definition) is 4. The summed E-state index contributed by atoms with van der Waals surface area (Å²) in [6.45, 7) is 0. The zero-order chi connectivity index (χ0) is 13.3. The Bertz CT molecular complexity index is 622. The second-order valence-corrected chi connectivity index (χ2v) is 3.74. The molecule has 0 aliphatic rings. The van der Waals surface area contributed by atoms with Crippen LogP contribution in [0.15, 0.2) is 36.4 Å². The van der Waals surface area contributed by atoms with E-state index in [4.69, 9.17) is 5.73 Å². The molecule has 5 heteroatoms. The van der Waals surface area contributed by atoms with Gasteiger partial charge in [0.15, 0.2) is 5.75 Å². The standard InChI is InChI=1S/C13H11NO4/c14-11-10(16)6-5-8(13(11)18)12(17)7-3-1-2-4-9(7)15/h1-6,15-16,18H,14H2. The quantitative estimate of drug-likeness (QED) is 0.365. The number of nitrogen functional groups attached to an aromatic ring is 1. The van der Waals surface area contributed by atoms with Crippen molar-refractivity contribution in [2.45, 2.75) is 0 Å². The largest absolute Gasteiger partial charge is 0.507 e. The number of aromatic hydroxyl groups is 3. The van der Waals surface area contributed by atoms with Crippen LogP contribution in [-0.2, 0) is 0 Å². The molecule has 0 saturated heterocycles. The molecule has 0 aliphatic heterocycles. The van der Waals surface area contributed by atoms with Gasteiger partial charge in [-0.3, -0.25) is 4.79 Å². The second-order valence-electron chi connectivity index (χ2n) is 3.74. The number of carbonyl (C=O) groups excluding carboxylic acids is 1. The van der Waals surface area contributed by atoms with Crippen LogP contribution >= 0.6 is 0 Å². The van der Waals surface area contributed by atoms with Crippen molar-refractivity contribution in [3.05, 3.63) is 47.5 Å². The number of hydrogen-bond acceptors (Lipinski definition) is 5. The van der Waals surface area contributed by atoms with Gasteiger partial charge in [-0.2, -0.15) is 0 Å². The fraction of sp³-hybridized carbons (Fsp3) is 0. The van der Waals surface area contributed by atoms with Crippen molar-refractivity contribution >= 4 is 11.5 Å². The number of phenolic OH excluding ortho intramolecular Hbond substituents is 3. The predicted octanol–water partition coefficient (Wildman–Crippen LogP) is 1.62. The van der Waals surface area contributed by atoms with Gasteiger partial charge in [0.25, 0.3) is 0 Å². The Hall–Kier alpha value is -2.69. The molecule has 92 valence electrons. The third kappa shape index (κ3) is 1.82. The maximum Gasteiger partial charge on any atom is 0.200 e. The van der Waals surface area contributed by atoms with Crippen molar-refractivity contribution in [2.24, 2.45) is 0 Å². The van der Waals surface area contributed by atoms with Crippen LogP contribution in [0.3, 0.4) is 0 Å². The molecule has 0 heterocycles. The van der Waals surface area contributed by atoms with E-state index in [2.05, 4.69) is 0 Å². The monoisotopic (exact) mass is 245 g/mol. The highest BCUT2D eigenvalue weighted by atomic mass is 16.3. The minimum atomic E-state index is -0.572. The first-order chi connectivity index (χ1) is 8.52. The smallest absolute Gasteiger partial charge is 0.200 e. The molecule has 5 nitrogen and oxygen atoms in total. The molecule has 0 unspecified atom stereocenters. The number of ketones is 1. The van der Waals surface area contributed by atoms with Gasteiger partial charge in [0.2, 0.25) is 5.78 Å². The van der Waals surface area contributed by atoms with Crippen LogP contribution < -0.4 is 5.73 Å². The van der Waals surface area contributed by atoms with E-state index in [0.29, 0.717) is 0 Å². The molecular weight excluding hydrogens is 234 g/mol. The molecule has 0 fully saturated rings. The van der Waals surface area contributed by atoms with Crippen molar-refractivity contribution in [2.75, 3.05) is 5.73 Å². The molecule has 0 amide bonds. The van der Waals surface area contributed by atoms with E-state index in [-0.39, 0.29) is 28.3 Å². The molecule has 0 saturated carbocycles. The van der Waals surface area contributed by atoms with Gasteiger partial charge >= 0.3 is 0 Å². The number of benzene rings is 2. The third-order valence-corrected chi connectivity index (χ3v) is 2.59. The third-order valence-electron chi connectivity index (χ3n) is 2.59. The summed E-state index contributed by atoms with van der Waals surface area (Å²) in [5, 5.41) is 28.6.